The summed E-state index contributed by atoms with van der Waals surface area (Å²) in [6, 6.07) is 0. The third-order valence-corrected chi connectivity index (χ3v) is 4.06. The van der Waals surface area contributed by atoms with E-state index in [4.69, 9.17) is 5.73 Å². The van der Waals surface area contributed by atoms with Crippen molar-refractivity contribution in [2.24, 2.45) is 5.73 Å². The fourth-order valence-electron chi connectivity index (χ4n) is 1.61. The van der Waals surface area contributed by atoms with Crippen LogP contribution in [0.3, 0.4) is 0 Å². The van der Waals surface area contributed by atoms with Crippen molar-refractivity contribution in [1.82, 2.24) is 9.36 Å². The average Bonchev–Trinajstić information content (AvgIpc) is 3.07. The minimum atomic E-state index is 0.241. The van der Waals surface area contributed by atoms with Crippen molar-refractivity contribution in [1.29, 1.82) is 0 Å². The number of nitrogens with two attached hydrogens (primary N) is 1. The van der Waals surface area contributed by atoms with Crippen LogP contribution in [0, 0.1) is 0 Å². The van der Waals surface area contributed by atoms with Gasteiger partial charge in [0.05, 0.1) is 0 Å². The second-order valence-electron chi connectivity index (χ2n) is 4.22. The molecule has 0 unspecified atom stereocenters. The Balaban J connectivity index is 1.88. The van der Waals surface area contributed by atoms with Gasteiger partial charge in [0.15, 0.2) is 0 Å². The lowest BCUT2D eigenvalue weighted by Gasteiger charge is -2.05. The van der Waals surface area contributed by atoms with E-state index >= 15 is 0 Å². The van der Waals surface area contributed by atoms with Crippen LogP contribution in [0.1, 0.15) is 42.4 Å². The van der Waals surface area contributed by atoms with Gasteiger partial charge in [-0.1, -0.05) is 0 Å². The Morgan fingerprint density at radius 1 is 1.46 bits per heavy atom. The van der Waals surface area contributed by atoms with Crippen LogP contribution in [0.25, 0.3) is 0 Å². The van der Waals surface area contributed by atoms with E-state index < -0.39 is 0 Å². The van der Waals surface area contributed by atoms with Crippen molar-refractivity contribution in [3.63, 3.8) is 0 Å². The van der Waals surface area contributed by atoms with E-state index in [9.17, 15) is 0 Å². The van der Waals surface area contributed by atoms with Gasteiger partial charge in [0, 0.05) is 17.9 Å². The summed E-state index contributed by atoms with van der Waals surface area (Å²) in [4.78, 5) is 4.60. The second-order valence-corrected chi connectivity index (χ2v) is 4.97. The number of nitrogens with zero attached hydrogens (tertiary/aromatic N) is 2. The molecule has 0 radical (unpaired) electrons. The average molecular weight is 195 g/mol. The highest BCUT2D eigenvalue weighted by Gasteiger charge is 2.46. The molecule has 2 fully saturated rings. The van der Waals surface area contributed by atoms with Crippen LogP contribution in [0.5, 0.6) is 0 Å². The molecule has 2 aliphatic rings. The fraction of sp³-hybridized carbons (Fsp3) is 0.778. The van der Waals surface area contributed by atoms with Gasteiger partial charge in [-0.15, -0.1) is 0 Å². The molecule has 0 amide bonds. The quantitative estimate of drug-likeness (QED) is 0.793. The molecule has 2 saturated carbocycles. The molecular formula is C9H13N3S. The highest BCUT2D eigenvalue weighted by Crippen LogP contribution is 2.49. The van der Waals surface area contributed by atoms with Crippen molar-refractivity contribution in [3.05, 3.63) is 10.8 Å². The third kappa shape index (κ3) is 1.20. The molecule has 1 heterocycles. The van der Waals surface area contributed by atoms with E-state index in [0.29, 0.717) is 5.92 Å². The summed E-state index contributed by atoms with van der Waals surface area (Å²) in [6.07, 6.45) is 4.99. The third-order valence-electron chi connectivity index (χ3n) is 3.08. The molecule has 0 aliphatic heterocycles. The van der Waals surface area contributed by atoms with Crippen LogP contribution in [0.2, 0.25) is 0 Å². The largest absolute Gasteiger partial charge is 0.329 e. The van der Waals surface area contributed by atoms with Crippen LogP contribution in [0.15, 0.2) is 0 Å². The molecule has 3 rings (SSSR count). The molecule has 1 aromatic rings. The number of aromatic nitrogens is 2. The maximum absolute atomic E-state index is 5.74. The highest BCUT2D eigenvalue weighted by atomic mass is 32.1. The SMILES string of the molecule is NCC1(c2nc(C3CC3)ns2)CC1. The maximum atomic E-state index is 5.74. The van der Waals surface area contributed by atoms with Gasteiger partial charge >= 0.3 is 0 Å². The summed E-state index contributed by atoms with van der Waals surface area (Å²) in [5.74, 6) is 1.76. The molecule has 2 N–H and O–H groups in total. The first-order valence-electron chi connectivity index (χ1n) is 4.88. The van der Waals surface area contributed by atoms with Crippen molar-refractivity contribution >= 4 is 11.5 Å². The van der Waals surface area contributed by atoms with Gasteiger partial charge in [-0.2, -0.15) is 4.37 Å². The summed E-state index contributed by atoms with van der Waals surface area (Å²) in [7, 11) is 0. The zero-order chi connectivity index (χ0) is 8.89. The molecule has 13 heavy (non-hydrogen) atoms. The van der Waals surface area contributed by atoms with E-state index in [1.807, 2.05) is 0 Å². The molecule has 0 saturated heterocycles. The lowest BCUT2D eigenvalue weighted by molar-refractivity contribution is 0.692. The summed E-state index contributed by atoms with van der Waals surface area (Å²) in [5.41, 5.74) is 5.98. The Morgan fingerprint density at radius 2 is 2.23 bits per heavy atom. The lowest BCUT2D eigenvalue weighted by Crippen LogP contribution is -2.19. The molecular weight excluding hydrogens is 182 g/mol. The number of hydrogen-bond donors (Lipinski definition) is 1. The molecule has 0 spiro atoms. The first-order chi connectivity index (χ1) is 6.34. The molecule has 0 bridgehead atoms. The van der Waals surface area contributed by atoms with Crippen molar-refractivity contribution in [2.75, 3.05) is 6.54 Å². The Bertz CT molecular complexity index is 325. The molecule has 0 atom stereocenters. The van der Waals surface area contributed by atoms with Crippen LogP contribution in [0.4, 0.5) is 0 Å². The topological polar surface area (TPSA) is 51.8 Å². The summed E-state index contributed by atoms with van der Waals surface area (Å²) in [5, 5.41) is 1.19. The summed E-state index contributed by atoms with van der Waals surface area (Å²) < 4.78 is 4.41. The Morgan fingerprint density at radius 3 is 2.77 bits per heavy atom. The van der Waals surface area contributed by atoms with Gasteiger partial charge in [0.25, 0.3) is 0 Å². The minimum absolute atomic E-state index is 0.241. The summed E-state index contributed by atoms with van der Waals surface area (Å²) >= 11 is 1.57. The maximum Gasteiger partial charge on any atom is 0.145 e. The number of hydrogen-bond acceptors (Lipinski definition) is 4. The van der Waals surface area contributed by atoms with E-state index in [0.717, 1.165) is 12.4 Å². The van der Waals surface area contributed by atoms with E-state index in [-0.39, 0.29) is 5.41 Å². The van der Waals surface area contributed by atoms with Gasteiger partial charge in [-0.25, -0.2) is 4.98 Å². The van der Waals surface area contributed by atoms with Gasteiger partial charge < -0.3 is 5.73 Å². The molecule has 1 aromatic heterocycles. The van der Waals surface area contributed by atoms with Gasteiger partial charge in [-0.3, -0.25) is 0 Å². The van der Waals surface area contributed by atoms with Crippen molar-refractivity contribution < 1.29 is 0 Å². The molecule has 3 nitrogen and oxygen atoms in total. The van der Waals surface area contributed by atoms with Crippen LogP contribution >= 0.6 is 11.5 Å². The highest BCUT2D eigenvalue weighted by molar-refractivity contribution is 7.05. The van der Waals surface area contributed by atoms with Crippen molar-refractivity contribution in [2.45, 2.75) is 37.0 Å². The van der Waals surface area contributed by atoms with Crippen LogP contribution < -0.4 is 5.73 Å². The predicted octanol–water partition coefficient (Wildman–Crippen LogP) is 1.41. The fourth-order valence-corrected chi connectivity index (χ4v) is 2.60. The second kappa shape index (κ2) is 2.51. The Labute approximate surface area is 81.5 Å². The van der Waals surface area contributed by atoms with Gasteiger partial charge in [0.2, 0.25) is 0 Å². The van der Waals surface area contributed by atoms with Crippen LogP contribution in [-0.4, -0.2) is 15.9 Å². The first-order valence-corrected chi connectivity index (χ1v) is 5.65. The molecule has 0 aromatic carbocycles. The summed E-state index contributed by atoms with van der Waals surface area (Å²) in [6.45, 7) is 0.742. The molecule has 70 valence electrons. The monoisotopic (exact) mass is 195 g/mol. The van der Waals surface area contributed by atoms with Crippen LogP contribution in [-0.2, 0) is 5.41 Å². The first kappa shape index (κ1) is 7.88. The smallest absolute Gasteiger partial charge is 0.145 e. The molecule has 2 aliphatic carbocycles. The zero-order valence-corrected chi connectivity index (χ0v) is 8.31. The van der Waals surface area contributed by atoms with E-state index in [2.05, 4.69) is 9.36 Å². The molecule has 4 heteroatoms. The van der Waals surface area contributed by atoms with E-state index in [1.54, 1.807) is 11.5 Å². The zero-order valence-electron chi connectivity index (χ0n) is 7.49. The predicted molar refractivity (Wildman–Crippen MR) is 51.9 cm³/mol. The van der Waals surface area contributed by atoms with E-state index in [1.165, 1.54) is 30.7 Å². The minimum Gasteiger partial charge on any atom is -0.329 e. The lowest BCUT2D eigenvalue weighted by atomic mass is 10.1. The van der Waals surface area contributed by atoms with Crippen molar-refractivity contribution in [3.8, 4) is 0 Å². The Kier molecular flexibility index (Phi) is 1.52. The van der Waals surface area contributed by atoms with Gasteiger partial charge in [0.1, 0.15) is 10.8 Å². The normalized spacial score (nSPS) is 24.7. The Hall–Kier alpha value is -0.480. The van der Waals surface area contributed by atoms with Gasteiger partial charge in [-0.05, 0) is 37.2 Å². The number of rotatable bonds is 3. The standard InChI is InChI=1S/C9H13N3S/c10-5-9(3-4-9)8-11-7(12-13-8)6-1-2-6/h6H,1-5,10H2.